The van der Waals surface area contributed by atoms with Gasteiger partial charge in [0.15, 0.2) is 6.61 Å². The van der Waals surface area contributed by atoms with Crippen LogP contribution < -0.4 is 4.74 Å². The first-order chi connectivity index (χ1) is 17.5. The number of halogens is 1. The van der Waals surface area contributed by atoms with E-state index in [1.807, 2.05) is 48.2 Å². The van der Waals surface area contributed by atoms with Gasteiger partial charge in [-0.25, -0.2) is 0 Å². The van der Waals surface area contributed by atoms with Crippen LogP contribution in [0.25, 0.3) is 21.7 Å². The van der Waals surface area contributed by atoms with E-state index in [9.17, 15) is 4.79 Å². The number of aromatic nitrogens is 4. The fourth-order valence-electron chi connectivity index (χ4n) is 4.33. The van der Waals surface area contributed by atoms with E-state index in [0.717, 1.165) is 44.6 Å². The number of H-pyrrole nitrogens is 1. The Hall–Kier alpha value is -3.72. The fourth-order valence-corrected chi connectivity index (χ4v) is 4.94. The molecule has 2 aromatic heterocycles. The molecule has 184 valence electrons. The van der Waals surface area contributed by atoms with Gasteiger partial charge in [0, 0.05) is 18.5 Å². The van der Waals surface area contributed by atoms with Crippen LogP contribution in [-0.2, 0) is 13.2 Å². The summed E-state index contributed by atoms with van der Waals surface area (Å²) >= 11 is 3.67. The van der Waals surface area contributed by atoms with Crippen molar-refractivity contribution in [3.05, 3.63) is 81.8 Å². The second kappa shape index (κ2) is 10.5. The number of carbonyl (C=O) groups is 1. The minimum atomic E-state index is -0.00242. The number of furan rings is 1. The number of unbranched alkanes of at least 4 members (excludes halogenated alkanes) is 1. The van der Waals surface area contributed by atoms with Crippen molar-refractivity contribution in [2.75, 3.05) is 6.54 Å². The summed E-state index contributed by atoms with van der Waals surface area (Å²) in [6.45, 7) is 5.40. The molecule has 0 aliphatic carbocycles. The molecule has 0 atom stereocenters. The molecule has 8 nitrogen and oxygen atoms in total. The van der Waals surface area contributed by atoms with E-state index in [4.69, 9.17) is 9.15 Å². The maximum atomic E-state index is 13.7. The van der Waals surface area contributed by atoms with Crippen molar-refractivity contribution in [1.29, 1.82) is 0 Å². The normalized spacial score (nSPS) is 11.3. The van der Waals surface area contributed by atoms with Crippen LogP contribution in [0.2, 0.25) is 0 Å². The van der Waals surface area contributed by atoms with Gasteiger partial charge in [0.05, 0.1) is 10.0 Å². The Labute approximate surface area is 216 Å². The lowest BCUT2D eigenvalue weighted by Gasteiger charge is -2.23. The first-order valence-electron chi connectivity index (χ1n) is 11.9. The van der Waals surface area contributed by atoms with E-state index in [1.54, 1.807) is 0 Å². The summed E-state index contributed by atoms with van der Waals surface area (Å²) < 4.78 is 12.6. The number of hydrogen-bond donors (Lipinski definition) is 1. The molecule has 3 aromatic carbocycles. The number of fused-ring (bicyclic) bond motifs is 2. The zero-order chi connectivity index (χ0) is 25.1. The zero-order valence-electron chi connectivity index (χ0n) is 20.1. The molecular weight excluding hydrogens is 522 g/mol. The molecule has 0 fully saturated rings. The van der Waals surface area contributed by atoms with Crippen LogP contribution >= 0.6 is 15.9 Å². The number of aromatic amines is 1. The lowest BCUT2D eigenvalue weighted by Crippen LogP contribution is -2.31. The summed E-state index contributed by atoms with van der Waals surface area (Å²) in [5, 5.41) is 16.7. The molecule has 0 saturated carbocycles. The minimum absolute atomic E-state index is 0.00242. The lowest BCUT2D eigenvalue weighted by molar-refractivity contribution is 0.0741. The van der Waals surface area contributed by atoms with Crippen molar-refractivity contribution < 1.29 is 13.9 Å². The van der Waals surface area contributed by atoms with Crippen molar-refractivity contribution in [2.24, 2.45) is 0 Å². The first kappa shape index (κ1) is 24.0. The molecule has 0 radical (unpaired) electrons. The average molecular weight is 548 g/mol. The average Bonchev–Trinajstić information content (AvgIpc) is 3.52. The first-order valence-corrected chi connectivity index (χ1v) is 12.7. The second-order valence-electron chi connectivity index (χ2n) is 8.66. The Bertz CT molecular complexity index is 1510. The third kappa shape index (κ3) is 4.83. The van der Waals surface area contributed by atoms with E-state index in [0.29, 0.717) is 36.0 Å². The molecule has 1 amide bonds. The standard InChI is InChI=1S/C27H26BrN5O3/c1-3-4-13-33(27(34)25-17(2)36-22-8-6-5-7-21(22)25)15-18-9-11-20-19(14-18)10-12-23(26(20)28)35-16-24-29-31-32-30-24/h5-12,14H,3-4,13,15-16H2,1-2H3,(H,29,30,31,32). The second-order valence-corrected chi connectivity index (χ2v) is 9.45. The molecule has 36 heavy (non-hydrogen) atoms. The maximum absolute atomic E-state index is 13.7. The molecule has 5 aromatic rings. The summed E-state index contributed by atoms with van der Waals surface area (Å²) in [7, 11) is 0. The van der Waals surface area contributed by atoms with Gasteiger partial charge in [0.25, 0.3) is 5.91 Å². The number of carbonyl (C=O) groups excluding carboxylic acids is 1. The van der Waals surface area contributed by atoms with Crippen LogP contribution in [0.3, 0.4) is 0 Å². The van der Waals surface area contributed by atoms with E-state index < -0.39 is 0 Å². The summed E-state index contributed by atoms with van der Waals surface area (Å²) in [6, 6.07) is 17.9. The van der Waals surface area contributed by atoms with Crippen LogP contribution in [0.5, 0.6) is 5.75 Å². The highest BCUT2D eigenvalue weighted by Gasteiger charge is 2.23. The van der Waals surface area contributed by atoms with Crippen LogP contribution in [0, 0.1) is 6.92 Å². The number of nitrogens with one attached hydrogen (secondary N) is 1. The number of ether oxygens (including phenoxy) is 1. The van der Waals surface area contributed by atoms with Gasteiger partial charge in [-0.3, -0.25) is 4.79 Å². The Morgan fingerprint density at radius 1 is 1.14 bits per heavy atom. The smallest absolute Gasteiger partial charge is 0.258 e. The third-order valence-electron chi connectivity index (χ3n) is 6.16. The highest BCUT2D eigenvalue weighted by Crippen LogP contribution is 2.34. The Balaban J connectivity index is 1.40. The molecule has 0 spiro atoms. The molecule has 2 heterocycles. The van der Waals surface area contributed by atoms with Gasteiger partial charge in [-0.2, -0.15) is 5.21 Å². The monoisotopic (exact) mass is 547 g/mol. The summed E-state index contributed by atoms with van der Waals surface area (Å²) in [5.41, 5.74) is 2.44. The van der Waals surface area contributed by atoms with Crippen molar-refractivity contribution in [3.63, 3.8) is 0 Å². The van der Waals surface area contributed by atoms with Crippen LogP contribution in [0.4, 0.5) is 0 Å². The Kier molecular flexibility index (Phi) is 6.99. The van der Waals surface area contributed by atoms with Crippen molar-refractivity contribution in [2.45, 2.75) is 39.8 Å². The van der Waals surface area contributed by atoms with E-state index in [-0.39, 0.29) is 12.5 Å². The number of amides is 1. The van der Waals surface area contributed by atoms with Crippen LogP contribution in [0.15, 0.2) is 63.5 Å². The summed E-state index contributed by atoms with van der Waals surface area (Å²) in [6.07, 6.45) is 1.94. The van der Waals surface area contributed by atoms with Gasteiger partial charge in [0.1, 0.15) is 17.1 Å². The summed E-state index contributed by atoms with van der Waals surface area (Å²) in [5.74, 6) is 1.83. The Morgan fingerprint density at radius 2 is 2.00 bits per heavy atom. The molecule has 0 unspecified atom stereocenters. The number of aryl methyl sites for hydroxylation is 1. The largest absolute Gasteiger partial charge is 0.484 e. The number of nitrogens with zero attached hydrogens (tertiary/aromatic N) is 4. The summed E-state index contributed by atoms with van der Waals surface area (Å²) in [4.78, 5) is 15.6. The van der Waals surface area contributed by atoms with E-state index >= 15 is 0 Å². The highest BCUT2D eigenvalue weighted by molar-refractivity contribution is 9.10. The van der Waals surface area contributed by atoms with E-state index in [2.05, 4.69) is 61.7 Å². The quantitative estimate of drug-likeness (QED) is 0.236. The molecule has 0 bridgehead atoms. The molecule has 0 aliphatic heterocycles. The number of hydrogen-bond acceptors (Lipinski definition) is 6. The molecule has 1 N–H and O–H groups in total. The van der Waals surface area contributed by atoms with Crippen molar-refractivity contribution >= 4 is 43.6 Å². The van der Waals surface area contributed by atoms with Gasteiger partial charge >= 0.3 is 0 Å². The zero-order valence-corrected chi connectivity index (χ0v) is 21.7. The molecule has 0 aliphatic rings. The van der Waals surface area contributed by atoms with Gasteiger partial charge in [-0.15, -0.1) is 10.2 Å². The van der Waals surface area contributed by atoms with Gasteiger partial charge in [0.2, 0.25) is 5.82 Å². The lowest BCUT2D eigenvalue weighted by atomic mass is 10.0. The topological polar surface area (TPSA) is 97.1 Å². The van der Waals surface area contributed by atoms with Crippen LogP contribution in [-0.4, -0.2) is 38.0 Å². The number of benzene rings is 3. The SMILES string of the molecule is CCCCN(Cc1ccc2c(Br)c(OCc3nn[nH]n3)ccc2c1)C(=O)c1c(C)oc2ccccc12. The molecule has 9 heteroatoms. The molecule has 5 rings (SSSR count). The van der Waals surface area contributed by atoms with Gasteiger partial charge in [-0.1, -0.05) is 55.0 Å². The predicted octanol–water partition coefficient (Wildman–Crippen LogP) is 6.19. The highest BCUT2D eigenvalue weighted by atomic mass is 79.9. The van der Waals surface area contributed by atoms with E-state index in [1.165, 1.54) is 0 Å². The van der Waals surface area contributed by atoms with Crippen LogP contribution in [0.1, 0.15) is 47.3 Å². The fraction of sp³-hybridized carbons (Fsp3) is 0.259. The molecular formula is C27H26BrN5O3. The molecule has 0 saturated heterocycles. The van der Waals surface area contributed by atoms with Crippen molar-refractivity contribution in [1.82, 2.24) is 25.5 Å². The third-order valence-corrected chi connectivity index (χ3v) is 6.97. The minimum Gasteiger partial charge on any atom is -0.484 e. The maximum Gasteiger partial charge on any atom is 0.258 e. The van der Waals surface area contributed by atoms with Gasteiger partial charge in [-0.05, 0) is 63.8 Å². The predicted molar refractivity (Wildman–Crippen MR) is 141 cm³/mol. The number of para-hydroxylation sites is 1. The number of rotatable bonds is 9. The van der Waals surface area contributed by atoms with Gasteiger partial charge < -0.3 is 14.1 Å². The van der Waals surface area contributed by atoms with Crippen molar-refractivity contribution in [3.8, 4) is 5.75 Å². The number of tetrazole rings is 1. The Morgan fingerprint density at radius 3 is 2.81 bits per heavy atom.